The van der Waals surface area contributed by atoms with Gasteiger partial charge in [-0.25, -0.2) is 4.79 Å². The number of H-pyrrole nitrogens is 1. The molecule has 8 nitrogen and oxygen atoms in total. The molecule has 22 heavy (non-hydrogen) atoms. The van der Waals surface area contributed by atoms with E-state index in [0.29, 0.717) is 6.42 Å². The van der Waals surface area contributed by atoms with Crippen molar-refractivity contribution in [1.82, 2.24) is 9.55 Å². The first-order chi connectivity index (χ1) is 10.4. The number of ether oxygens (including phenoxy) is 1. The minimum Gasteiger partial charge on any atom is -0.457 e. The molecule has 120 valence electrons. The number of hydrogen-bond acceptors (Lipinski definition) is 6. The molecule has 0 radical (unpaired) electrons. The summed E-state index contributed by atoms with van der Waals surface area (Å²) in [5, 5.41) is 0. The number of Topliss-reactive ketones (excluding diaryl/α,β-unsaturated/α-hetero) is 1. The Balaban J connectivity index is 2.18. The number of esters is 1. The summed E-state index contributed by atoms with van der Waals surface area (Å²) in [4.78, 5) is 49.2. The van der Waals surface area contributed by atoms with Crippen molar-refractivity contribution in [3.05, 3.63) is 26.4 Å². The Kier molecular flexibility index (Phi) is 4.48. The van der Waals surface area contributed by atoms with Gasteiger partial charge in [-0.2, -0.15) is 0 Å². The molecule has 1 aromatic heterocycles. The average Bonchev–Trinajstić information content (AvgIpc) is 3.17. The number of carbonyl (C=O) groups is 2. The van der Waals surface area contributed by atoms with Crippen LogP contribution < -0.4 is 17.0 Å². The number of ketones is 1. The average molecular weight is 309 g/mol. The highest BCUT2D eigenvalue weighted by atomic mass is 16.5. The van der Waals surface area contributed by atoms with Gasteiger partial charge in [0.15, 0.2) is 6.61 Å². The Morgan fingerprint density at radius 3 is 2.59 bits per heavy atom. The summed E-state index contributed by atoms with van der Waals surface area (Å²) in [5.41, 5.74) is 3.88. The summed E-state index contributed by atoms with van der Waals surface area (Å²) in [5.74, 6) is -1.26. The lowest BCUT2D eigenvalue weighted by Crippen LogP contribution is -2.37. The molecule has 0 aliphatic heterocycles. The van der Waals surface area contributed by atoms with Crippen LogP contribution in [0.5, 0.6) is 0 Å². The summed E-state index contributed by atoms with van der Waals surface area (Å²) in [6.07, 6.45) is 1.36. The molecule has 1 aliphatic rings. The first-order valence-corrected chi connectivity index (χ1v) is 7.19. The normalized spacial score (nSPS) is 19.7. The second-order valence-electron chi connectivity index (χ2n) is 5.52. The first kappa shape index (κ1) is 16.0. The van der Waals surface area contributed by atoms with E-state index in [1.807, 2.05) is 13.8 Å². The van der Waals surface area contributed by atoms with Crippen LogP contribution in [-0.4, -0.2) is 27.9 Å². The van der Waals surface area contributed by atoms with Gasteiger partial charge in [-0.1, -0.05) is 13.8 Å². The van der Waals surface area contributed by atoms with Crippen molar-refractivity contribution in [1.29, 1.82) is 0 Å². The fourth-order valence-electron chi connectivity index (χ4n) is 2.27. The third kappa shape index (κ3) is 3.10. The Morgan fingerprint density at radius 1 is 1.41 bits per heavy atom. The molecule has 0 bridgehead atoms. The van der Waals surface area contributed by atoms with Crippen LogP contribution in [0.3, 0.4) is 0 Å². The zero-order chi connectivity index (χ0) is 16.4. The Hall–Kier alpha value is -2.38. The van der Waals surface area contributed by atoms with Crippen molar-refractivity contribution in [3.8, 4) is 0 Å². The van der Waals surface area contributed by atoms with Crippen molar-refractivity contribution < 1.29 is 14.3 Å². The molecule has 2 rings (SSSR count). The Labute approximate surface area is 126 Å². The van der Waals surface area contributed by atoms with Gasteiger partial charge in [0.05, 0.1) is 5.92 Å². The van der Waals surface area contributed by atoms with Gasteiger partial charge in [-0.3, -0.25) is 23.9 Å². The topological polar surface area (TPSA) is 124 Å². The largest absolute Gasteiger partial charge is 0.457 e. The van der Waals surface area contributed by atoms with Gasteiger partial charge in [0, 0.05) is 6.54 Å². The number of aromatic amines is 1. The van der Waals surface area contributed by atoms with Gasteiger partial charge in [0.25, 0.3) is 5.56 Å². The van der Waals surface area contributed by atoms with Gasteiger partial charge in [0.2, 0.25) is 5.78 Å². The van der Waals surface area contributed by atoms with E-state index in [1.165, 1.54) is 0 Å². The molecule has 0 unspecified atom stereocenters. The number of rotatable bonds is 6. The minimum absolute atomic E-state index is 0.169. The molecule has 0 saturated heterocycles. The van der Waals surface area contributed by atoms with E-state index in [0.717, 1.165) is 11.0 Å². The number of carbonyl (C=O) groups excluding carboxylic acids is 2. The van der Waals surface area contributed by atoms with Crippen LogP contribution in [0.4, 0.5) is 5.82 Å². The predicted molar refractivity (Wildman–Crippen MR) is 78.6 cm³/mol. The number of nitrogens with two attached hydrogens (primary N) is 1. The molecule has 2 atom stereocenters. The number of aromatic nitrogens is 2. The number of nitrogens with one attached hydrogen (secondary N) is 1. The molecular formula is C14H19N3O5. The van der Waals surface area contributed by atoms with Crippen LogP contribution in [0.2, 0.25) is 0 Å². The maximum atomic E-state index is 12.1. The number of hydrogen-bond donors (Lipinski definition) is 2. The van der Waals surface area contributed by atoms with Crippen LogP contribution in [0.25, 0.3) is 0 Å². The molecule has 3 N–H and O–H groups in total. The van der Waals surface area contributed by atoms with Gasteiger partial charge < -0.3 is 10.5 Å². The van der Waals surface area contributed by atoms with E-state index in [2.05, 4.69) is 4.98 Å². The SMILES string of the molecule is CCCn1c(N)c(C(=O)COC(=O)[C@@H]2C[C@H]2C)c(=O)[nH]c1=O. The predicted octanol–water partition coefficient (Wildman–Crippen LogP) is -0.0893. The molecule has 8 heteroatoms. The quantitative estimate of drug-likeness (QED) is 0.559. The van der Waals surface area contributed by atoms with E-state index in [9.17, 15) is 19.2 Å². The molecular weight excluding hydrogens is 290 g/mol. The zero-order valence-electron chi connectivity index (χ0n) is 12.5. The summed E-state index contributed by atoms with van der Waals surface area (Å²) in [6, 6.07) is 0. The van der Waals surface area contributed by atoms with Gasteiger partial charge in [-0.15, -0.1) is 0 Å². The van der Waals surface area contributed by atoms with E-state index >= 15 is 0 Å². The minimum atomic E-state index is -0.865. The lowest BCUT2D eigenvalue weighted by Gasteiger charge is -2.11. The van der Waals surface area contributed by atoms with Gasteiger partial charge >= 0.3 is 11.7 Å². The van der Waals surface area contributed by atoms with Crippen molar-refractivity contribution in [3.63, 3.8) is 0 Å². The monoisotopic (exact) mass is 309 g/mol. The maximum Gasteiger partial charge on any atom is 0.329 e. The third-order valence-corrected chi connectivity index (χ3v) is 3.72. The first-order valence-electron chi connectivity index (χ1n) is 7.19. The second-order valence-corrected chi connectivity index (χ2v) is 5.52. The second kappa shape index (κ2) is 6.17. The molecule has 1 fully saturated rings. The zero-order valence-corrected chi connectivity index (χ0v) is 12.5. The summed E-state index contributed by atoms with van der Waals surface area (Å²) in [6.45, 7) is 3.47. The molecule has 1 aliphatic carbocycles. The van der Waals surface area contributed by atoms with Gasteiger partial charge in [-0.05, 0) is 18.8 Å². The highest BCUT2D eigenvalue weighted by Crippen LogP contribution is 2.38. The van der Waals surface area contributed by atoms with Crippen molar-refractivity contribution in [2.75, 3.05) is 12.3 Å². The van der Waals surface area contributed by atoms with Crippen LogP contribution in [0.1, 0.15) is 37.0 Å². The van der Waals surface area contributed by atoms with Crippen molar-refractivity contribution >= 4 is 17.6 Å². The smallest absolute Gasteiger partial charge is 0.329 e. The van der Waals surface area contributed by atoms with E-state index in [4.69, 9.17) is 10.5 Å². The molecule has 1 aromatic rings. The fraction of sp³-hybridized carbons (Fsp3) is 0.571. The Bertz CT molecular complexity index is 718. The fourth-order valence-corrected chi connectivity index (χ4v) is 2.27. The highest BCUT2D eigenvalue weighted by Gasteiger charge is 2.40. The van der Waals surface area contributed by atoms with Crippen molar-refractivity contribution in [2.45, 2.75) is 33.2 Å². The standard InChI is InChI=1S/C14H19N3O5/c1-3-4-17-11(15)10(12(19)16-14(17)21)9(18)6-22-13(20)8-5-7(8)2/h7-8H,3-6,15H2,1-2H3,(H,16,19,21)/t7-,8-/m1/s1. The highest BCUT2D eigenvalue weighted by molar-refractivity contribution is 6.01. The maximum absolute atomic E-state index is 12.1. The lowest BCUT2D eigenvalue weighted by atomic mass is 10.2. The third-order valence-electron chi connectivity index (χ3n) is 3.72. The molecule has 1 heterocycles. The van der Waals surface area contributed by atoms with E-state index in [1.54, 1.807) is 0 Å². The van der Waals surface area contributed by atoms with Gasteiger partial charge in [0.1, 0.15) is 11.4 Å². The summed E-state index contributed by atoms with van der Waals surface area (Å²) < 4.78 is 6.03. The molecule has 0 amide bonds. The van der Waals surface area contributed by atoms with E-state index in [-0.39, 0.29) is 29.8 Å². The summed E-state index contributed by atoms with van der Waals surface area (Å²) >= 11 is 0. The lowest BCUT2D eigenvalue weighted by molar-refractivity contribution is -0.144. The van der Waals surface area contributed by atoms with Crippen LogP contribution >= 0.6 is 0 Å². The van der Waals surface area contributed by atoms with Crippen LogP contribution in [0.15, 0.2) is 9.59 Å². The number of nitrogens with zero attached hydrogens (tertiary/aromatic N) is 1. The number of nitrogen functional groups attached to an aromatic ring is 1. The summed E-state index contributed by atoms with van der Waals surface area (Å²) in [7, 11) is 0. The molecule has 1 saturated carbocycles. The molecule has 0 aromatic carbocycles. The van der Waals surface area contributed by atoms with Crippen molar-refractivity contribution in [2.24, 2.45) is 11.8 Å². The van der Waals surface area contributed by atoms with Crippen LogP contribution in [-0.2, 0) is 16.1 Å². The Morgan fingerprint density at radius 2 is 2.05 bits per heavy atom. The van der Waals surface area contributed by atoms with E-state index < -0.39 is 29.6 Å². The molecule has 0 spiro atoms. The number of anilines is 1. The van der Waals surface area contributed by atoms with Crippen LogP contribution in [0, 0.1) is 11.8 Å².